The first kappa shape index (κ1) is 97.9. The molecular weight excluding hydrogens is 1670 g/mol. The molecule has 0 saturated carbocycles. The first-order chi connectivity index (χ1) is 60.8. The van der Waals surface area contributed by atoms with Gasteiger partial charge in [0.25, 0.3) is 0 Å². The number of aromatic amines is 2. The Kier molecular flexibility index (Phi) is 34.7. The molecule has 3 heterocycles. The molecule has 0 spiro atoms. The SMILES string of the molecule is CC[C@H](C)[C@@H]1NC(=O)[C@H](Cc2c[nH]c3ccccc23)NC(=O)[C@H]([C@@H](C)O)NC(=O)[C@H](C)NC(=O)C[C@@H](C(=O)N[C@H](C(=O)N[C@H](C(=O)N[C@@H](CO)C(=O)O)[C@@H](C)O)C(C)C)NC(=O)[C@H](c2ccccc2)NC(=O)[C@H](Cc2ccc(C(F)(F)F)cc2)NC(=O)CCNC(=O)[C@H](Cc2c[nH]c3ccccc23)NC(=O)[C@@H](c2ccccc2)NC(=O)[C@H](Cc2ccccc2)N(C)C1=O. The number of aromatic nitrogens is 2. The number of alkyl halides is 3. The summed E-state index contributed by atoms with van der Waals surface area (Å²) in [5, 5.41) is 75.2. The number of nitrogens with one attached hydrogen (secondary N) is 15. The fourth-order valence-corrected chi connectivity index (χ4v) is 14.4. The van der Waals surface area contributed by atoms with Gasteiger partial charge in [0.2, 0.25) is 82.7 Å². The van der Waals surface area contributed by atoms with E-state index in [0.29, 0.717) is 50.6 Å². The van der Waals surface area contributed by atoms with Crippen molar-refractivity contribution in [3.05, 3.63) is 215 Å². The van der Waals surface area contributed by atoms with Gasteiger partial charge in [0.1, 0.15) is 78.5 Å². The average molecular weight is 1770 g/mol. The van der Waals surface area contributed by atoms with Gasteiger partial charge in [-0.3, -0.25) is 67.1 Å². The number of carbonyl (C=O) groups excluding carboxylic acids is 14. The molecule has 128 heavy (non-hydrogen) atoms. The summed E-state index contributed by atoms with van der Waals surface area (Å²) in [6.07, 6.45) is -8.14. The summed E-state index contributed by atoms with van der Waals surface area (Å²) in [5.74, 6) is -18.9. The van der Waals surface area contributed by atoms with E-state index in [2.05, 4.69) is 73.8 Å². The topological polar surface area (TPSA) is 528 Å². The molecule has 0 unspecified atom stereocenters. The molecule has 14 amide bonds. The number of halogens is 3. The molecule has 38 heteroatoms. The maximum Gasteiger partial charge on any atom is 0.416 e. The number of hydrogen-bond acceptors (Lipinski definition) is 18. The van der Waals surface area contributed by atoms with Crippen LogP contribution in [-0.2, 0) is 104 Å². The molecule has 8 aromatic rings. The van der Waals surface area contributed by atoms with Gasteiger partial charge in [0, 0.05) is 79.9 Å². The Hall–Kier alpha value is -13.9. The lowest BCUT2D eigenvalue weighted by Gasteiger charge is -2.34. The number of H-pyrrole nitrogens is 2. The Morgan fingerprint density at radius 1 is 0.500 bits per heavy atom. The summed E-state index contributed by atoms with van der Waals surface area (Å²) >= 11 is 0. The van der Waals surface area contributed by atoms with Crippen molar-refractivity contribution in [2.75, 3.05) is 20.2 Å². The van der Waals surface area contributed by atoms with Crippen molar-refractivity contribution < 1.29 is 106 Å². The Morgan fingerprint density at radius 3 is 1.51 bits per heavy atom. The minimum atomic E-state index is -4.83. The van der Waals surface area contributed by atoms with Crippen molar-refractivity contribution in [1.82, 2.24) is 84.0 Å². The van der Waals surface area contributed by atoms with Gasteiger partial charge in [-0.05, 0) is 90.3 Å². The predicted octanol–water partition coefficient (Wildman–Crippen LogP) is 1.80. The monoisotopic (exact) mass is 1770 g/mol. The second kappa shape index (κ2) is 45.3. The van der Waals surface area contributed by atoms with Crippen LogP contribution in [0.3, 0.4) is 0 Å². The van der Waals surface area contributed by atoms with Crippen molar-refractivity contribution in [3.8, 4) is 0 Å². The fourth-order valence-electron chi connectivity index (χ4n) is 14.4. The van der Waals surface area contributed by atoms with Crippen LogP contribution < -0.4 is 69.1 Å². The second-order valence-corrected chi connectivity index (χ2v) is 31.9. The van der Waals surface area contributed by atoms with Gasteiger partial charge in [-0.1, -0.05) is 174 Å². The van der Waals surface area contributed by atoms with Crippen LogP contribution in [0.2, 0.25) is 0 Å². The number of carboxylic acids is 1. The van der Waals surface area contributed by atoms with Crippen LogP contribution >= 0.6 is 0 Å². The molecule has 35 nitrogen and oxygen atoms in total. The van der Waals surface area contributed by atoms with Crippen molar-refractivity contribution in [2.45, 2.75) is 190 Å². The van der Waals surface area contributed by atoms with Crippen molar-refractivity contribution in [2.24, 2.45) is 11.8 Å². The highest BCUT2D eigenvalue weighted by molar-refractivity contribution is 6.02. The zero-order valence-electron chi connectivity index (χ0n) is 71.4. The zero-order chi connectivity index (χ0) is 93.4. The molecule has 0 aliphatic carbocycles. The Labute approximate surface area is 734 Å². The molecule has 1 fully saturated rings. The van der Waals surface area contributed by atoms with Gasteiger partial charge in [0.05, 0.1) is 30.8 Å². The number of nitrogens with zero attached hydrogens (tertiary/aromatic N) is 1. The van der Waals surface area contributed by atoms with Gasteiger partial charge in [-0.25, -0.2) is 4.79 Å². The summed E-state index contributed by atoms with van der Waals surface area (Å²) in [4.78, 5) is 228. The number of benzene rings is 6. The minimum Gasteiger partial charge on any atom is -0.480 e. The van der Waals surface area contributed by atoms with E-state index in [1.165, 1.54) is 63.4 Å². The number of fused-ring (bicyclic) bond motifs is 2. The molecule has 16 atom stereocenters. The summed E-state index contributed by atoms with van der Waals surface area (Å²) < 4.78 is 42.1. The highest BCUT2D eigenvalue weighted by atomic mass is 19.4. The molecular formula is C90H107F3N16O19. The fraction of sp³-hybridized carbons (Fsp3) is 0.389. The Bertz CT molecular complexity index is 5270. The van der Waals surface area contributed by atoms with Gasteiger partial charge in [0.15, 0.2) is 0 Å². The smallest absolute Gasteiger partial charge is 0.416 e. The van der Waals surface area contributed by atoms with Gasteiger partial charge in [-0.2, -0.15) is 13.2 Å². The van der Waals surface area contributed by atoms with Crippen molar-refractivity contribution >= 4 is 110 Å². The third kappa shape index (κ3) is 26.6. The molecule has 682 valence electrons. The Balaban J connectivity index is 1.13. The molecule has 1 aliphatic rings. The maximum absolute atomic E-state index is 15.6. The van der Waals surface area contributed by atoms with Crippen LogP contribution in [0.5, 0.6) is 0 Å². The number of carbonyl (C=O) groups is 15. The minimum absolute atomic E-state index is 0.0225. The number of hydrogen-bond donors (Lipinski definition) is 19. The van der Waals surface area contributed by atoms with E-state index in [0.717, 1.165) is 37.8 Å². The third-order valence-electron chi connectivity index (χ3n) is 22.0. The molecule has 2 aromatic heterocycles. The zero-order valence-corrected chi connectivity index (χ0v) is 71.4. The predicted molar refractivity (Wildman–Crippen MR) is 460 cm³/mol. The first-order valence-electron chi connectivity index (χ1n) is 41.6. The largest absolute Gasteiger partial charge is 0.480 e. The molecule has 6 aromatic carbocycles. The lowest BCUT2D eigenvalue weighted by molar-refractivity contribution is -0.144. The highest BCUT2D eigenvalue weighted by Gasteiger charge is 2.43. The number of carboxylic acid groups (broad SMARTS) is 1. The number of likely N-dealkylation sites (N-methyl/N-ethyl adjacent to an activating group) is 1. The molecule has 19 N–H and O–H groups in total. The number of aliphatic hydroxyl groups excluding tert-OH is 3. The lowest BCUT2D eigenvalue weighted by atomic mass is 9.95. The number of rotatable bonds is 23. The van der Waals surface area contributed by atoms with E-state index in [1.54, 1.807) is 123 Å². The van der Waals surface area contributed by atoms with Crippen LogP contribution in [0.25, 0.3) is 21.8 Å². The number of amides is 14. The van der Waals surface area contributed by atoms with E-state index in [1.807, 2.05) is 5.32 Å². The molecule has 1 saturated heterocycles. The quantitative estimate of drug-likeness (QED) is 0.0434. The van der Waals surface area contributed by atoms with E-state index in [4.69, 9.17) is 0 Å². The summed E-state index contributed by atoms with van der Waals surface area (Å²) in [5.41, 5.74) is 1.88. The van der Waals surface area contributed by atoms with Crippen LogP contribution in [0.4, 0.5) is 13.2 Å². The standard InChI is InChI=1S/C90H107F3N16O19/c1-9-48(4)72-88(126)109(8)68(40-52-23-13-10-14-24-52)82(120)108-76(55-27-17-12-18-28-55)87(125)99-64(41-56-44-95-61-31-21-19-29-59(56)61)78(116)94-38-37-69(113)98-63(39-53-33-35-58(36-34-53)90(91,92)93)79(117)107-75(54-25-15-11-16-26-54)86(124)101-66(81(119)103-71(47(2)3)83(121)106-74(51(7)112)85(123)102-67(46-110)89(127)128)43-70(114)97-49(5)77(115)105-73(50(6)111)84(122)100-65(80(118)104-72)42-57-45-96-62-32-22-20-30-60(57)62/h10-36,44-45,47-51,63-68,71-76,95-96,110-112H,9,37-43,46H2,1-8H3,(H,94,116)(H,97,114)(H,98,113)(H,99,125)(H,100,122)(H,101,124)(H,102,123)(H,103,119)(H,104,118)(H,105,115)(H,106,121)(H,107,117)(H,108,120)(H,127,128)/t48-,49-,50+,51+,63-,64-,65-,66-,67-,68-,71-,72-,73-,74-,75-,76+/m0/s1. The van der Waals surface area contributed by atoms with Gasteiger partial charge < -0.3 is 104 Å². The first-order valence-corrected chi connectivity index (χ1v) is 41.6. The van der Waals surface area contributed by atoms with Gasteiger partial charge in [-0.15, -0.1) is 0 Å². The molecule has 0 bridgehead atoms. The molecule has 9 rings (SSSR count). The third-order valence-corrected chi connectivity index (χ3v) is 22.0. The van der Waals surface area contributed by atoms with E-state index < -0.39 is 235 Å². The van der Waals surface area contributed by atoms with Gasteiger partial charge >= 0.3 is 12.1 Å². The summed E-state index contributed by atoms with van der Waals surface area (Å²) in [6, 6.07) is 17.8. The van der Waals surface area contributed by atoms with E-state index in [-0.39, 0.29) is 42.4 Å². The van der Waals surface area contributed by atoms with Crippen LogP contribution in [-0.4, -0.2) is 223 Å². The van der Waals surface area contributed by atoms with Crippen LogP contribution in [0, 0.1) is 11.8 Å². The van der Waals surface area contributed by atoms with Crippen molar-refractivity contribution in [1.29, 1.82) is 0 Å². The number of aliphatic carboxylic acids is 1. The number of para-hydroxylation sites is 2. The van der Waals surface area contributed by atoms with E-state index in [9.17, 15) is 72.0 Å². The van der Waals surface area contributed by atoms with E-state index >= 15 is 33.6 Å². The van der Waals surface area contributed by atoms with Crippen molar-refractivity contribution in [3.63, 3.8) is 0 Å². The maximum atomic E-state index is 15.6. The van der Waals surface area contributed by atoms with Crippen LogP contribution in [0.1, 0.15) is 119 Å². The average Bonchev–Trinajstić information content (AvgIpc) is 1.66. The normalized spacial score (nSPS) is 22.1. The summed E-state index contributed by atoms with van der Waals surface area (Å²) in [6.45, 7) is 7.82. The Morgan fingerprint density at radius 2 is 0.984 bits per heavy atom. The van der Waals surface area contributed by atoms with Crippen LogP contribution in [0.15, 0.2) is 176 Å². The molecule has 1 aliphatic heterocycles. The second-order valence-electron chi connectivity index (χ2n) is 31.9. The summed E-state index contributed by atoms with van der Waals surface area (Å²) in [7, 11) is 1.33. The highest BCUT2D eigenvalue weighted by Crippen LogP contribution is 2.30. The number of aliphatic hydroxyl groups is 3. The lowest BCUT2D eigenvalue weighted by Crippen LogP contribution is -2.62. The molecule has 0 radical (unpaired) electrons.